The standard InChI is InChI=1S/C28H39N7O/c1-20-17-31-35(28(36-2)8-9-28)27(20)21-6-12-33(13-7-21)26-16-24-22(18-30-26)4-3-5-23-25(19-34(23)24)32-14-10-29-11-15-32/h3-4,16-18,21,23,25,29H,5-15,19H2,1-2H3. The van der Waals surface area contributed by atoms with Gasteiger partial charge < -0.3 is 19.9 Å². The first-order chi connectivity index (χ1) is 17.7. The summed E-state index contributed by atoms with van der Waals surface area (Å²) in [5.41, 5.74) is 5.13. The van der Waals surface area contributed by atoms with Crippen LogP contribution in [0, 0.1) is 6.92 Å². The highest BCUT2D eigenvalue weighted by Crippen LogP contribution is 2.47. The molecule has 4 aliphatic heterocycles. The summed E-state index contributed by atoms with van der Waals surface area (Å²) in [6, 6.07) is 3.62. The summed E-state index contributed by atoms with van der Waals surface area (Å²) < 4.78 is 8.07. The molecule has 8 heteroatoms. The Morgan fingerprint density at radius 3 is 2.61 bits per heavy atom. The average Bonchev–Trinajstić information content (AvgIpc) is 3.63. The van der Waals surface area contributed by atoms with Crippen LogP contribution in [0.2, 0.25) is 0 Å². The van der Waals surface area contributed by atoms with Crippen LogP contribution in [0.15, 0.2) is 24.5 Å². The van der Waals surface area contributed by atoms with Crippen molar-refractivity contribution in [2.75, 3.05) is 62.7 Å². The number of rotatable bonds is 5. The minimum Gasteiger partial charge on any atom is -0.364 e. The second-order valence-electron chi connectivity index (χ2n) is 11.3. The molecule has 4 fully saturated rings. The topological polar surface area (TPSA) is 61.7 Å². The zero-order valence-corrected chi connectivity index (χ0v) is 21.7. The van der Waals surface area contributed by atoms with Crippen LogP contribution in [-0.2, 0) is 10.5 Å². The zero-order valence-electron chi connectivity index (χ0n) is 21.7. The number of methoxy groups -OCH3 is 1. The van der Waals surface area contributed by atoms with Crippen LogP contribution in [0.3, 0.4) is 0 Å². The molecule has 2 unspecified atom stereocenters. The molecule has 0 amide bonds. The summed E-state index contributed by atoms with van der Waals surface area (Å²) in [4.78, 5) is 12.8. The van der Waals surface area contributed by atoms with Gasteiger partial charge in [-0.3, -0.25) is 4.90 Å². The van der Waals surface area contributed by atoms with Crippen LogP contribution >= 0.6 is 0 Å². The van der Waals surface area contributed by atoms with Crippen LogP contribution in [0.25, 0.3) is 6.08 Å². The summed E-state index contributed by atoms with van der Waals surface area (Å²) in [5, 5.41) is 8.24. The predicted octanol–water partition coefficient (Wildman–Crippen LogP) is 2.94. The van der Waals surface area contributed by atoms with Gasteiger partial charge in [0.1, 0.15) is 5.82 Å². The molecule has 0 spiro atoms. The molecule has 1 aliphatic carbocycles. The molecule has 0 bridgehead atoms. The van der Waals surface area contributed by atoms with E-state index in [1.54, 1.807) is 0 Å². The molecule has 2 aromatic heterocycles. The molecule has 2 aromatic rings. The van der Waals surface area contributed by atoms with Gasteiger partial charge in [-0.1, -0.05) is 12.2 Å². The highest BCUT2D eigenvalue weighted by molar-refractivity contribution is 5.73. The van der Waals surface area contributed by atoms with Gasteiger partial charge in [-0.25, -0.2) is 9.67 Å². The number of nitrogens with one attached hydrogen (secondary N) is 1. The number of anilines is 2. The van der Waals surface area contributed by atoms with Crippen molar-refractivity contribution >= 4 is 17.6 Å². The highest BCUT2D eigenvalue weighted by Gasteiger charge is 2.48. The van der Waals surface area contributed by atoms with E-state index in [-0.39, 0.29) is 5.72 Å². The van der Waals surface area contributed by atoms with E-state index in [1.807, 2.05) is 13.3 Å². The van der Waals surface area contributed by atoms with Gasteiger partial charge in [-0.05, 0) is 31.7 Å². The summed E-state index contributed by atoms with van der Waals surface area (Å²) >= 11 is 0. The van der Waals surface area contributed by atoms with Crippen LogP contribution in [0.1, 0.15) is 54.8 Å². The summed E-state index contributed by atoms with van der Waals surface area (Å²) in [6.07, 6.45) is 14.3. The summed E-state index contributed by atoms with van der Waals surface area (Å²) in [5.74, 6) is 1.66. The second kappa shape index (κ2) is 8.85. The summed E-state index contributed by atoms with van der Waals surface area (Å²) in [7, 11) is 1.82. The molecule has 5 aliphatic rings. The first-order valence-corrected chi connectivity index (χ1v) is 13.9. The van der Waals surface area contributed by atoms with Gasteiger partial charge in [-0.15, -0.1) is 0 Å². The van der Waals surface area contributed by atoms with E-state index in [2.05, 4.69) is 56.0 Å². The molecule has 6 heterocycles. The van der Waals surface area contributed by atoms with Gasteiger partial charge in [0.25, 0.3) is 0 Å². The fourth-order valence-corrected chi connectivity index (χ4v) is 7.04. The first kappa shape index (κ1) is 22.8. The molecular weight excluding hydrogens is 450 g/mol. The maximum atomic E-state index is 5.87. The van der Waals surface area contributed by atoms with Gasteiger partial charge in [0, 0.05) is 113 Å². The normalized spacial score (nSPS) is 27.8. The molecule has 3 saturated heterocycles. The number of aromatic nitrogens is 3. The molecule has 36 heavy (non-hydrogen) atoms. The Hall–Kier alpha value is -2.42. The van der Waals surface area contributed by atoms with Crippen LogP contribution in [0.5, 0.6) is 0 Å². The van der Waals surface area contributed by atoms with E-state index in [0.717, 1.165) is 70.6 Å². The fraction of sp³-hybridized carbons (Fsp3) is 0.643. The fourth-order valence-electron chi connectivity index (χ4n) is 7.04. The van der Waals surface area contributed by atoms with Crippen molar-refractivity contribution in [1.29, 1.82) is 0 Å². The molecule has 1 N–H and O–H groups in total. The lowest BCUT2D eigenvalue weighted by atomic mass is 9.90. The Labute approximate surface area is 214 Å². The van der Waals surface area contributed by atoms with Crippen molar-refractivity contribution in [3.05, 3.63) is 41.4 Å². The highest BCUT2D eigenvalue weighted by atomic mass is 16.5. The van der Waals surface area contributed by atoms with Crippen molar-refractivity contribution in [2.24, 2.45) is 0 Å². The average molecular weight is 490 g/mol. The number of aryl methyl sites for hydroxylation is 1. The number of nitrogens with zero attached hydrogens (tertiary/aromatic N) is 6. The zero-order chi connectivity index (χ0) is 24.3. The second-order valence-corrected chi connectivity index (χ2v) is 11.3. The number of pyridine rings is 1. The van der Waals surface area contributed by atoms with Gasteiger partial charge >= 0.3 is 0 Å². The molecule has 8 nitrogen and oxygen atoms in total. The van der Waals surface area contributed by atoms with Gasteiger partial charge in [0.05, 0.1) is 6.20 Å². The van der Waals surface area contributed by atoms with Crippen LogP contribution in [-0.4, -0.2) is 84.7 Å². The third-order valence-electron chi connectivity index (χ3n) is 9.38. The number of hydrogen-bond donors (Lipinski definition) is 1. The molecule has 0 aromatic carbocycles. The largest absolute Gasteiger partial charge is 0.364 e. The molecule has 0 radical (unpaired) electrons. The maximum absolute atomic E-state index is 5.87. The number of fused-ring (bicyclic) bond motifs is 3. The Bertz CT molecular complexity index is 1140. The minimum absolute atomic E-state index is 0.191. The molecule has 1 saturated carbocycles. The number of piperidine rings is 1. The Morgan fingerprint density at radius 2 is 1.86 bits per heavy atom. The van der Waals surface area contributed by atoms with Crippen molar-refractivity contribution in [2.45, 2.75) is 62.8 Å². The van der Waals surface area contributed by atoms with Gasteiger partial charge in [0.15, 0.2) is 5.72 Å². The minimum atomic E-state index is -0.191. The van der Waals surface area contributed by atoms with Crippen molar-refractivity contribution in [1.82, 2.24) is 25.0 Å². The molecule has 7 rings (SSSR count). The van der Waals surface area contributed by atoms with Crippen molar-refractivity contribution in [3.8, 4) is 0 Å². The smallest absolute Gasteiger partial charge is 0.161 e. The number of hydrogen-bond acceptors (Lipinski definition) is 7. The predicted molar refractivity (Wildman–Crippen MR) is 143 cm³/mol. The van der Waals surface area contributed by atoms with Crippen LogP contribution < -0.4 is 15.1 Å². The number of ether oxygens (including phenoxy) is 1. The van der Waals surface area contributed by atoms with Crippen molar-refractivity contribution < 1.29 is 4.74 Å². The van der Waals surface area contributed by atoms with E-state index < -0.39 is 0 Å². The van der Waals surface area contributed by atoms with E-state index in [4.69, 9.17) is 14.8 Å². The third-order valence-corrected chi connectivity index (χ3v) is 9.38. The Morgan fingerprint density at radius 1 is 1.06 bits per heavy atom. The van der Waals surface area contributed by atoms with Gasteiger partial charge in [-0.2, -0.15) is 5.10 Å². The van der Waals surface area contributed by atoms with Crippen molar-refractivity contribution in [3.63, 3.8) is 0 Å². The Kier molecular flexibility index (Phi) is 5.60. The lowest BCUT2D eigenvalue weighted by molar-refractivity contribution is 0.00243. The van der Waals surface area contributed by atoms with E-state index in [0.29, 0.717) is 18.0 Å². The molecular formula is C28H39N7O. The van der Waals surface area contributed by atoms with Gasteiger partial charge in [0.2, 0.25) is 0 Å². The van der Waals surface area contributed by atoms with Crippen LogP contribution in [0.4, 0.5) is 11.5 Å². The maximum Gasteiger partial charge on any atom is 0.161 e. The number of piperazine rings is 1. The quantitative estimate of drug-likeness (QED) is 0.693. The lowest BCUT2D eigenvalue weighted by Crippen LogP contribution is -2.68. The molecule has 192 valence electrons. The third kappa shape index (κ3) is 3.68. The SMILES string of the molecule is COC1(n2ncc(C)c2C2CCN(c3cc4c(cn3)C=CCC3C(N5CCNCC5)CN43)CC2)CC1. The monoisotopic (exact) mass is 489 g/mol. The van der Waals surface area contributed by atoms with E-state index >= 15 is 0 Å². The Balaban J connectivity index is 1.06. The first-order valence-electron chi connectivity index (χ1n) is 13.9. The molecule has 2 atom stereocenters. The summed E-state index contributed by atoms with van der Waals surface area (Å²) in [6.45, 7) is 9.98. The van der Waals surface area contributed by atoms with E-state index in [9.17, 15) is 0 Å². The van der Waals surface area contributed by atoms with E-state index in [1.165, 1.54) is 35.6 Å². The lowest BCUT2D eigenvalue weighted by Gasteiger charge is -2.54.